The lowest BCUT2D eigenvalue weighted by Crippen LogP contribution is -2.48. The predicted octanol–water partition coefficient (Wildman–Crippen LogP) is 1.47. The maximum Gasteiger partial charge on any atom is 0.407 e. The minimum Gasteiger partial charge on any atom is -0.486 e. The summed E-state index contributed by atoms with van der Waals surface area (Å²) in [4.78, 5) is 17.4. The Kier molecular flexibility index (Phi) is 4.33. The quantitative estimate of drug-likeness (QED) is 0.880. The Morgan fingerprint density at radius 1 is 1.45 bits per heavy atom. The number of piperidine rings is 1. The van der Waals surface area contributed by atoms with Gasteiger partial charge in [0, 0.05) is 18.2 Å². The van der Waals surface area contributed by atoms with Crippen LogP contribution in [0.2, 0.25) is 0 Å². The molecule has 1 saturated heterocycles. The Bertz CT molecular complexity index is 552. The first-order valence-corrected chi connectivity index (χ1v) is 7.61. The molecule has 0 radical (unpaired) electrons. The van der Waals surface area contributed by atoms with E-state index in [1.807, 2.05) is 0 Å². The fourth-order valence-corrected chi connectivity index (χ4v) is 2.99. The van der Waals surface area contributed by atoms with E-state index in [1.54, 1.807) is 12.3 Å². The lowest BCUT2D eigenvalue weighted by atomic mass is 9.99. The van der Waals surface area contributed by atoms with Crippen LogP contribution >= 0.6 is 0 Å². The van der Waals surface area contributed by atoms with Crippen molar-refractivity contribution in [3.63, 3.8) is 0 Å². The van der Waals surface area contributed by atoms with Gasteiger partial charge in [0.25, 0.3) is 0 Å². The van der Waals surface area contributed by atoms with E-state index in [0.717, 1.165) is 19.4 Å². The molecule has 2 N–H and O–H groups in total. The average Bonchev–Trinajstić information content (AvgIpc) is 2.52. The highest BCUT2D eigenvalue weighted by molar-refractivity contribution is 5.65. The zero-order valence-electron chi connectivity index (χ0n) is 12.6. The number of nitrogens with zero attached hydrogens (tertiary/aromatic N) is 2. The number of nitrogens with one attached hydrogen (secondary N) is 1. The Labute approximate surface area is 129 Å². The van der Waals surface area contributed by atoms with Crippen LogP contribution in [0.5, 0.6) is 11.5 Å². The van der Waals surface area contributed by atoms with Crippen molar-refractivity contribution in [2.75, 3.05) is 19.8 Å². The summed E-state index contributed by atoms with van der Waals surface area (Å²) in [5.74, 6) is 1.26. The number of aromatic nitrogens is 1. The first kappa shape index (κ1) is 14.9. The first-order chi connectivity index (χ1) is 10.6. The van der Waals surface area contributed by atoms with Gasteiger partial charge in [-0.2, -0.15) is 0 Å². The monoisotopic (exact) mass is 307 g/mol. The van der Waals surface area contributed by atoms with Crippen molar-refractivity contribution in [2.24, 2.45) is 0 Å². The van der Waals surface area contributed by atoms with Gasteiger partial charge in [-0.25, -0.2) is 4.79 Å². The van der Waals surface area contributed by atoms with Crippen molar-refractivity contribution in [3.05, 3.63) is 18.0 Å². The molecule has 0 aromatic carbocycles. The molecule has 7 heteroatoms. The van der Waals surface area contributed by atoms with Gasteiger partial charge in [0.05, 0.1) is 18.4 Å². The van der Waals surface area contributed by atoms with Crippen LogP contribution < -0.4 is 14.8 Å². The summed E-state index contributed by atoms with van der Waals surface area (Å²) in [6.07, 6.45) is 2.34. The third kappa shape index (κ3) is 3.24. The smallest absolute Gasteiger partial charge is 0.407 e. The molecular formula is C15H21N3O4. The van der Waals surface area contributed by atoms with Crippen molar-refractivity contribution >= 4 is 6.09 Å². The summed E-state index contributed by atoms with van der Waals surface area (Å²) >= 11 is 0. The van der Waals surface area contributed by atoms with E-state index in [2.05, 4.69) is 17.2 Å². The summed E-state index contributed by atoms with van der Waals surface area (Å²) in [7, 11) is 0. The maximum absolute atomic E-state index is 11.6. The number of ether oxygens (including phenoxy) is 2. The van der Waals surface area contributed by atoms with Crippen molar-refractivity contribution < 1.29 is 19.4 Å². The van der Waals surface area contributed by atoms with Gasteiger partial charge in [-0.3, -0.25) is 9.88 Å². The molecule has 7 nitrogen and oxygen atoms in total. The SMILES string of the molecule is CC1CC(N(Cc2cc3c(cn2)OCCO3)C(=O)O)CCN1. The molecular weight excluding hydrogens is 286 g/mol. The molecule has 3 rings (SSSR count). The Morgan fingerprint density at radius 3 is 2.95 bits per heavy atom. The molecule has 2 aliphatic rings. The molecule has 3 heterocycles. The lowest BCUT2D eigenvalue weighted by molar-refractivity contribution is 0.102. The van der Waals surface area contributed by atoms with Crippen molar-refractivity contribution in [1.82, 2.24) is 15.2 Å². The zero-order valence-corrected chi connectivity index (χ0v) is 12.6. The summed E-state index contributed by atoms with van der Waals surface area (Å²) in [5.41, 5.74) is 0.679. The van der Waals surface area contributed by atoms with Crippen molar-refractivity contribution in [2.45, 2.75) is 38.4 Å². The standard InChI is InChI=1S/C15H21N3O4/c1-10-6-12(2-3-16-10)18(15(19)20)9-11-7-13-14(8-17-11)22-5-4-21-13/h7-8,10,12,16H,2-6,9H2,1H3,(H,19,20). The molecule has 22 heavy (non-hydrogen) atoms. The van der Waals surface area contributed by atoms with Gasteiger partial charge >= 0.3 is 6.09 Å². The number of carbonyl (C=O) groups is 1. The fraction of sp³-hybridized carbons (Fsp3) is 0.600. The van der Waals surface area contributed by atoms with Gasteiger partial charge in [-0.05, 0) is 26.3 Å². The third-order valence-electron chi connectivity index (χ3n) is 4.10. The second-order valence-corrected chi connectivity index (χ2v) is 5.76. The number of rotatable bonds is 3. The number of hydrogen-bond donors (Lipinski definition) is 2. The van der Waals surface area contributed by atoms with Crippen molar-refractivity contribution in [1.29, 1.82) is 0 Å². The van der Waals surface area contributed by atoms with Crippen LogP contribution in [-0.2, 0) is 6.54 Å². The van der Waals surface area contributed by atoms with Crippen LogP contribution in [0.3, 0.4) is 0 Å². The van der Waals surface area contributed by atoms with E-state index in [1.165, 1.54) is 4.90 Å². The van der Waals surface area contributed by atoms with Gasteiger partial charge in [0.15, 0.2) is 11.5 Å². The normalized spacial score (nSPS) is 23.9. The molecule has 0 aliphatic carbocycles. The number of amides is 1. The summed E-state index contributed by atoms with van der Waals surface area (Å²) in [5, 5.41) is 12.9. The van der Waals surface area contributed by atoms with E-state index >= 15 is 0 Å². The van der Waals surface area contributed by atoms with Gasteiger partial charge in [-0.1, -0.05) is 0 Å². The Hall–Kier alpha value is -2.02. The average molecular weight is 307 g/mol. The Morgan fingerprint density at radius 2 is 2.23 bits per heavy atom. The van der Waals surface area contributed by atoms with E-state index < -0.39 is 6.09 Å². The van der Waals surface area contributed by atoms with Crippen LogP contribution in [0.1, 0.15) is 25.5 Å². The molecule has 2 unspecified atom stereocenters. The summed E-state index contributed by atoms with van der Waals surface area (Å²) < 4.78 is 11.0. The molecule has 0 spiro atoms. The van der Waals surface area contributed by atoms with E-state index in [0.29, 0.717) is 36.4 Å². The molecule has 1 fully saturated rings. The molecule has 2 aliphatic heterocycles. The minimum absolute atomic E-state index is 0.0174. The van der Waals surface area contributed by atoms with Crippen LogP contribution in [0, 0.1) is 0 Å². The zero-order chi connectivity index (χ0) is 15.5. The van der Waals surface area contributed by atoms with E-state index in [4.69, 9.17) is 9.47 Å². The summed E-state index contributed by atoms with van der Waals surface area (Å²) in [6.45, 7) is 4.20. The fourth-order valence-electron chi connectivity index (χ4n) is 2.99. The van der Waals surface area contributed by atoms with Gasteiger partial charge < -0.3 is 19.9 Å². The largest absolute Gasteiger partial charge is 0.486 e. The lowest BCUT2D eigenvalue weighted by Gasteiger charge is -2.35. The highest BCUT2D eigenvalue weighted by Crippen LogP contribution is 2.30. The molecule has 1 aromatic rings. The van der Waals surface area contributed by atoms with E-state index in [-0.39, 0.29) is 12.6 Å². The molecule has 0 bridgehead atoms. The second kappa shape index (κ2) is 6.39. The van der Waals surface area contributed by atoms with Gasteiger partial charge in [-0.15, -0.1) is 0 Å². The molecule has 0 saturated carbocycles. The highest BCUT2D eigenvalue weighted by Gasteiger charge is 2.28. The van der Waals surface area contributed by atoms with Crippen LogP contribution in [0.4, 0.5) is 4.79 Å². The molecule has 2 atom stereocenters. The van der Waals surface area contributed by atoms with Gasteiger partial charge in [0.1, 0.15) is 13.2 Å². The Balaban J connectivity index is 1.74. The van der Waals surface area contributed by atoms with Gasteiger partial charge in [0.2, 0.25) is 0 Å². The van der Waals surface area contributed by atoms with Crippen molar-refractivity contribution in [3.8, 4) is 11.5 Å². The molecule has 1 aromatic heterocycles. The number of hydrogen-bond acceptors (Lipinski definition) is 5. The molecule has 120 valence electrons. The second-order valence-electron chi connectivity index (χ2n) is 5.76. The maximum atomic E-state index is 11.6. The predicted molar refractivity (Wildman–Crippen MR) is 79.3 cm³/mol. The van der Waals surface area contributed by atoms with Crippen LogP contribution in [0.25, 0.3) is 0 Å². The third-order valence-corrected chi connectivity index (χ3v) is 4.10. The van der Waals surface area contributed by atoms with E-state index in [9.17, 15) is 9.90 Å². The molecule has 1 amide bonds. The van der Waals surface area contributed by atoms with Crippen LogP contribution in [0.15, 0.2) is 12.3 Å². The topological polar surface area (TPSA) is 83.9 Å². The minimum atomic E-state index is -0.907. The first-order valence-electron chi connectivity index (χ1n) is 7.61. The highest BCUT2D eigenvalue weighted by atomic mass is 16.6. The number of carboxylic acid groups (broad SMARTS) is 1. The number of pyridine rings is 1. The van der Waals surface area contributed by atoms with Crippen LogP contribution in [-0.4, -0.2) is 52.9 Å². The summed E-state index contributed by atoms with van der Waals surface area (Å²) in [6, 6.07) is 2.12. The number of fused-ring (bicyclic) bond motifs is 1.